The van der Waals surface area contributed by atoms with Gasteiger partial charge in [-0.2, -0.15) is 0 Å². The SMILES string of the molecule is CC(C)O.Cc1ncc2n1-c1ccc(N)cc1C(c1ccccc1F)=NC2. The van der Waals surface area contributed by atoms with Gasteiger partial charge in [-0.25, -0.2) is 9.37 Å². The van der Waals surface area contributed by atoms with E-state index in [4.69, 9.17) is 10.8 Å². The number of nitrogens with zero attached hydrogens (tertiary/aromatic N) is 3. The lowest BCUT2D eigenvalue weighted by Crippen LogP contribution is -2.10. The zero-order valence-corrected chi connectivity index (χ0v) is 15.6. The summed E-state index contributed by atoms with van der Waals surface area (Å²) in [7, 11) is 0. The van der Waals surface area contributed by atoms with E-state index in [0.717, 1.165) is 22.8 Å². The van der Waals surface area contributed by atoms with Crippen LogP contribution < -0.4 is 5.73 Å². The van der Waals surface area contributed by atoms with Crippen molar-refractivity contribution in [2.24, 2.45) is 4.99 Å². The monoisotopic (exact) mass is 366 g/mol. The van der Waals surface area contributed by atoms with Gasteiger partial charge in [-0.3, -0.25) is 9.56 Å². The number of aliphatic hydroxyl groups excluding tert-OH is 1. The number of nitrogen functional groups attached to an aromatic ring is 1. The minimum atomic E-state index is -0.291. The molecule has 0 fully saturated rings. The summed E-state index contributed by atoms with van der Waals surface area (Å²) in [4.78, 5) is 9.02. The van der Waals surface area contributed by atoms with Gasteiger partial charge < -0.3 is 10.8 Å². The second kappa shape index (κ2) is 7.72. The third-order valence-corrected chi connectivity index (χ3v) is 4.06. The zero-order chi connectivity index (χ0) is 19.6. The van der Waals surface area contributed by atoms with E-state index in [2.05, 4.69) is 9.98 Å². The molecular weight excluding hydrogens is 343 g/mol. The lowest BCUT2D eigenvalue weighted by atomic mass is 9.99. The molecule has 0 aliphatic carbocycles. The van der Waals surface area contributed by atoms with Crippen molar-refractivity contribution in [3.05, 3.63) is 77.1 Å². The summed E-state index contributed by atoms with van der Waals surface area (Å²) >= 11 is 0. The molecule has 0 saturated carbocycles. The topological polar surface area (TPSA) is 76.4 Å². The Labute approximate surface area is 158 Å². The number of imidazole rings is 1. The molecule has 3 N–H and O–H groups in total. The van der Waals surface area contributed by atoms with Crippen molar-refractivity contribution >= 4 is 11.4 Å². The van der Waals surface area contributed by atoms with Gasteiger partial charge in [-0.05, 0) is 51.1 Å². The molecule has 6 heteroatoms. The summed E-state index contributed by atoms with van der Waals surface area (Å²) in [5.41, 5.74) is 10.4. The van der Waals surface area contributed by atoms with Crippen molar-refractivity contribution in [2.75, 3.05) is 5.73 Å². The summed E-state index contributed by atoms with van der Waals surface area (Å²) < 4.78 is 16.4. The van der Waals surface area contributed by atoms with Crippen molar-refractivity contribution in [1.82, 2.24) is 9.55 Å². The van der Waals surface area contributed by atoms with E-state index in [9.17, 15) is 4.39 Å². The molecule has 5 nitrogen and oxygen atoms in total. The molecule has 0 unspecified atom stereocenters. The van der Waals surface area contributed by atoms with E-state index >= 15 is 0 Å². The van der Waals surface area contributed by atoms with Crippen molar-refractivity contribution in [2.45, 2.75) is 33.4 Å². The van der Waals surface area contributed by atoms with Gasteiger partial charge in [-0.15, -0.1) is 0 Å². The average molecular weight is 366 g/mol. The summed E-state index contributed by atoms with van der Waals surface area (Å²) in [5, 5.41) is 8.06. The normalized spacial score (nSPS) is 12.4. The van der Waals surface area contributed by atoms with Gasteiger partial charge in [0.2, 0.25) is 0 Å². The first-order chi connectivity index (χ1) is 12.9. The minimum absolute atomic E-state index is 0.167. The van der Waals surface area contributed by atoms with Crippen LogP contribution in [0.2, 0.25) is 0 Å². The number of aromatic nitrogens is 2. The van der Waals surface area contributed by atoms with E-state index in [-0.39, 0.29) is 11.9 Å². The highest BCUT2D eigenvalue weighted by Crippen LogP contribution is 2.28. The predicted molar refractivity (Wildman–Crippen MR) is 106 cm³/mol. The third-order valence-electron chi connectivity index (χ3n) is 4.06. The Bertz CT molecular complexity index is 989. The number of halogens is 1. The van der Waals surface area contributed by atoms with Crippen LogP contribution in [0.4, 0.5) is 10.1 Å². The molecule has 0 radical (unpaired) electrons. The standard InChI is InChI=1S/C18H15FN4.C3H8O/c1-11-21-9-13-10-22-18(14-4-2-3-5-16(14)19)15-8-12(20)6-7-17(15)23(11)13;1-3(2)4/h2-9H,10,20H2,1H3;3-4H,1-2H3. The van der Waals surface area contributed by atoms with Gasteiger partial charge >= 0.3 is 0 Å². The van der Waals surface area contributed by atoms with Gasteiger partial charge in [0.05, 0.1) is 29.8 Å². The summed E-state index contributed by atoms with van der Waals surface area (Å²) in [6, 6.07) is 12.3. The first-order valence-corrected chi connectivity index (χ1v) is 8.79. The molecule has 3 aromatic rings. The first kappa shape index (κ1) is 18.8. The number of anilines is 1. The molecule has 0 spiro atoms. The highest BCUT2D eigenvalue weighted by molar-refractivity contribution is 6.15. The van der Waals surface area contributed by atoms with Crippen molar-refractivity contribution < 1.29 is 9.50 Å². The van der Waals surface area contributed by atoms with Gasteiger partial charge in [-0.1, -0.05) is 12.1 Å². The van der Waals surface area contributed by atoms with E-state index < -0.39 is 0 Å². The van der Waals surface area contributed by atoms with Gasteiger partial charge in [0.1, 0.15) is 11.6 Å². The van der Waals surface area contributed by atoms with Gasteiger partial charge in [0, 0.05) is 22.9 Å². The summed E-state index contributed by atoms with van der Waals surface area (Å²) in [6.07, 6.45) is 1.64. The average Bonchev–Trinajstić information content (AvgIpc) is 2.89. The van der Waals surface area contributed by atoms with Crippen LogP contribution in [0, 0.1) is 12.7 Å². The van der Waals surface area contributed by atoms with Crippen LogP contribution in [0.3, 0.4) is 0 Å². The van der Waals surface area contributed by atoms with Crippen LogP contribution in [0.1, 0.15) is 36.5 Å². The molecule has 4 rings (SSSR count). The fraction of sp³-hybridized carbons (Fsp3) is 0.238. The molecule has 0 amide bonds. The van der Waals surface area contributed by atoms with Crippen molar-refractivity contribution in [3.8, 4) is 5.69 Å². The first-order valence-electron chi connectivity index (χ1n) is 8.79. The smallest absolute Gasteiger partial charge is 0.132 e. The number of rotatable bonds is 1. The fourth-order valence-electron chi connectivity index (χ4n) is 3.00. The second-order valence-corrected chi connectivity index (χ2v) is 6.65. The molecule has 1 aromatic heterocycles. The predicted octanol–water partition coefficient (Wildman–Crippen LogP) is 3.64. The minimum Gasteiger partial charge on any atom is -0.399 e. The maximum atomic E-state index is 14.3. The van der Waals surface area contributed by atoms with Crippen LogP contribution in [0.25, 0.3) is 5.69 Å². The van der Waals surface area contributed by atoms with Crippen molar-refractivity contribution in [1.29, 1.82) is 0 Å². The number of nitrogens with two attached hydrogens (primary N) is 1. The number of aliphatic imine (C=N–C) groups is 1. The third kappa shape index (κ3) is 3.90. The van der Waals surface area contributed by atoms with Gasteiger partial charge in [0.15, 0.2) is 0 Å². The van der Waals surface area contributed by atoms with Crippen molar-refractivity contribution in [3.63, 3.8) is 0 Å². The molecule has 1 aliphatic rings. The Morgan fingerprint density at radius 1 is 1.15 bits per heavy atom. The zero-order valence-electron chi connectivity index (χ0n) is 15.6. The Morgan fingerprint density at radius 2 is 1.85 bits per heavy atom. The van der Waals surface area contributed by atoms with Gasteiger partial charge in [0.25, 0.3) is 0 Å². The Balaban J connectivity index is 0.000000481. The Kier molecular flexibility index (Phi) is 5.37. The van der Waals surface area contributed by atoms with Crippen LogP contribution in [-0.2, 0) is 6.54 Å². The number of hydrogen-bond acceptors (Lipinski definition) is 4. The molecule has 1 aliphatic heterocycles. The van der Waals surface area contributed by atoms with E-state index in [1.54, 1.807) is 26.0 Å². The number of fused-ring (bicyclic) bond motifs is 3. The van der Waals surface area contributed by atoms with E-state index in [1.807, 2.05) is 42.0 Å². The highest BCUT2D eigenvalue weighted by atomic mass is 19.1. The van der Waals surface area contributed by atoms with Crippen LogP contribution in [0.15, 0.2) is 53.7 Å². The molecule has 2 heterocycles. The highest BCUT2D eigenvalue weighted by Gasteiger charge is 2.22. The molecule has 0 saturated heterocycles. The van der Waals surface area contributed by atoms with Crippen LogP contribution in [0.5, 0.6) is 0 Å². The van der Waals surface area contributed by atoms with E-state index in [0.29, 0.717) is 23.5 Å². The Hall–Kier alpha value is -2.99. The quantitative estimate of drug-likeness (QED) is 0.646. The number of aliphatic hydroxyl groups is 1. The molecule has 0 bridgehead atoms. The van der Waals surface area contributed by atoms with E-state index in [1.165, 1.54) is 6.07 Å². The molecule has 2 aromatic carbocycles. The van der Waals surface area contributed by atoms with Crippen LogP contribution >= 0.6 is 0 Å². The van der Waals surface area contributed by atoms with Crippen LogP contribution in [-0.4, -0.2) is 26.5 Å². The molecule has 140 valence electrons. The Morgan fingerprint density at radius 3 is 2.56 bits per heavy atom. The maximum absolute atomic E-state index is 14.3. The number of hydrogen-bond donors (Lipinski definition) is 2. The molecule has 0 atom stereocenters. The lowest BCUT2D eigenvalue weighted by Gasteiger charge is -2.14. The molecule has 27 heavy (non-hydrogen) atoms. The number of aryl methyl sites for hydroxylation is 1. The second-order valence-electron chi connectivity index (χ2n) is 6.65. The number of benzene rings is 2. The molecular formula is C21H23FN4O. The largest absolute Gasteiger partial charge is 0.399 e. The summed E-state index contributed by atoms with van der Waals surface area (Å²) in [6.45, 7) is 5.83. The fourth-order valence-corrected chi connectivity index (χ4v) is 3.00. The maximum Gasteiger partial charge on any atom is 0.132 e. The summed E-state index contributed by atoms with van der Waals surface area (Å²) in [5.74, 6) is 0.581. The lowest BCUT2D eigenvalue weighted by molar-refractivity contribution is 0.216.